The maximum absolute atomic E-state index is 11.5. The molecule has 2 heterocycles. The van der Waals surface area contributed by atoms with Gasteiger partial charge in [0.05, 0.1) is 0 Å². The van der Waals surface area contributed by atoms with E-state index in [1.807, 2.05) is 24.0 Å². The summed E-state index contributed by atoms with van der Waals surface area (Å²) >= 11 is 0. The topological polar surface area (TPSA) is 45.2 Å². The molecular weight excluding hydrogens is 202 g/mol. The minimum atomic E-state index is 0.266. The number of anilines is 1. The smallest absolute Gasteiger partial charge is 0.222 e. The molecule has 1 amide bonds. The maximum atomic E-state index is 11.5. The van der Waals surface area contributed by atoms with E-state index in [0.29, 0.717) is 13.0 Å². The first-order valence-electron chi connectivity index (χ1n) is 5.76. The Labute approximate surface area is 95.7 Å². The van der Waals surface area contributed by atoms with E-state index in [9.17, 15) is 4.79 Å². The highest BCUT2D eigenvalue weighted by molar-refractivity contribution is 5.78. The van der Waals surface area contributed by atoms with E-state index in [1.165, 1.54) is 0 Å². The van der Waals surface area contributed by atoms with Gasteiger partial charge in [-0.05, 0) is 31.0 Å². The fourth-order valence-corrected chi connectivity index (χ4v) is 1.94. The Morgan fingerprint density at radius 3 is 3.12 bits per heavy atom. The molecule has 0 bridgehead atoms. The lowest BCUT2D eigenvalue weighted by atomic mass is 10.2. The van der Waals surface area contributed by atoms with Crippen LogP contribution in [0.2, 0.25) is 0 Å². The number of hydrogen-bond donors (Lipinski definition) is 1. The van der Waals surface area contributed by atoms with Crippen LogP contribution in [0.5, 0.6) is 0 Å². The normalized spacial score (nSPS) is 15.6. The zero-order valence-electron chi connectivity index (χ0n) is 9.57. The number of likely N-dealkylation sites (tertiary alicyclic amines) is 1. The van der Waals surface area contributed by atoms with Gasteiger partial charge in [0.15, 0.2) is 0 Å². The van der Waals surface area contributed by atoms with Crippen molar-refractivity contribution in [2.75, 3.05) is 18.4 Å². The largest absolute Gasteiger partial charge is 0.370 e. The Hall–Kier alpha value is -1.58. The molecule has 1 aliphatic heterocycles. The monoisotopic (exact) mass is 219 g/mol. The number of nitrogens with one attached hydrogen (secondary N) is 1. The van der Waals surface area contributed by atoms with Crippen LogP contribution in [0.25, 0.3) is 0 Å². The second kappa shape index (κ2) is 4.96. The predicted molar refractivity (Wildman–Crippen MR) is 63.1 cm³/mol. The summed E-state index contributed by atoms with van der Waals surface area (Å²) in [5.74, 6) is 1.15. The highest BCUT2D eigenvalue weighted by Crippen LogP contribution is 2.15. The fourth-order valence-electron chi connectivity index (χ4n) is 1.94. The van der Waals surface area contributed by atoms with E-state index in [4.69, 9.17) is 0 Å². The first kappa shape index (κ1) is 10.9. The van der Waals surface area contributed by atoms with Crippen molar-refractivity contribution in [1.82, 2.24) is 9.88 Å². The summed E-state index contributed by atoms with van der Waals surface area (Å²) in [6, 6.07) is 3.97. The molecule has 1 N–H and O–H groups in total. The number of hydrogen-bond acceptors (Lipinski definition) is 3. The van der Waals surface area contributed by atoms with Gasteiger partial charge in [0.1, 0.15) is 5.82 Å². The van der Waals surface area contributed by atoms with Gasteiger partial charge in [0, 0.05) is 32.3 Å². The van der Waals surface area contributed by atoms with Crippen LogP contribution in [0.15, 0.2) is 18.3 Å². The van der Waals surface area contributed by atoms with E-state index >= 15 is 0 Å². The van der Waals surface area contributed by atoms with Gasteiger partial charge < -0.3 is 10.2 Å². The van der Waals surface area contributed by atoms with Crippen LogP contribution < -0.4 is 5.32 Å². The molecule has 4 heteroatoms. The summed E-state index contributed by atoms with van der Waals surface area (Å²) in [4.78, 5) is 17.6. The van der Waals surface area contributed by atoms with Crippen LogP contribution >= 0.6 is 0 Å². The SMILES string of the molecule is CCNc1cc(CN2CCCC2=O)ccn1. The third-order valence-electron chi connectivity index (χ3n) is 2.73. The van der Waals surface area contributed by atoms with Crippen LogP contribution in [-0.4, -0.2) is 28.9 Å². The van der Waals surface area contributed by atoms with Crippen molar-refractivity contribution in [2.45, 2.75) is 26.3 Å². The molecule has 0 aromatic carbocycles. The molecular formula is C12H17N3O. The fraction of sp³-hybridized carbons (Fsp3) is 0.500. The molecule has 1 aliphatic rings. The Balaban J connectivity index is 2.03. The molecule has 0 unspecified atom stereocenters. The lowest BCUT2D eigenvalue weighted by Gasteiger charge is -2.15. The van der Waals surface area contributed by atoms with Crippen molar-refractivity contribution in [3.8, 4) is 0 Å². The van der Waals surface area contributed by atoms with Crippen LogP contribution in [0.3, 0.4) is 0 Å². The van der Waals surface area contributed by atoms with E-state index in [2.05, 4.69) is 10.3 Å². The van der Waals surface area contributed by atoms with Crippen LogP contribution in [0.4, 0.5) is 5.82 Å². The number of rotatable bonds is 4. The summed E-state index contributed by atoms with van der Waals surface area (Å²) in [6.07, 6.45) is 3.48. The van der Waals surface area contributed by atoms with Crippen molar-refractivity contribution in [3.05, 3.63) is 23.9 Å². The number of amides is 1. The minimum absolute atomic E-state index is 0.266. The summed E-state index contributed by atoms with van der Waals surface area (Å²) in [7, 11) is 0. The Morgan fingerprint density at radius 2 is 2.44 bits per heavy atom. The third-order valence-corrected chi connectivity index (χ3v) is 2.73. The number of carbonyl (C=O) groups excluding carboxylic acids is 1. The highest BCUT2D eigenvalue weighted by atomic mass is 16.2. The standard InChI is InChI=1S/C12H17N3O/c1-2-13-11-8-10(5-6-14-11)9-15-7-3-4-12(15)16/h5-6,8H,2-4,7,9H2,1H3,(H,13,14). The predicted octanol–water partition coefficient (Wildman–Crippen LogP) is 1.64. The second-order valence-corrected chi connectivity index (χ2v) is 4.00. The van der Waals surface area contributed by atoms with Gasteiger partial charge in [-0.1, -0.05) is 0 Å². The average Bonchev–Trinajstić information content (AvgIpc) is 2.66. The zero-order valence-corrected chi connectivity index (χ0v) is 9.57. The molecule has 0 spiro atoms. The summed E-state index contributed by atoms with van der Waals surface area (Å²) < 4.78 is 0. The van der Waals surface area contributed by atoms with E-state index < -0.39 is 0 Å². The van der Waals surface area contributed by atoms with Gasteiger partial charge in [-0.25, -0.2) is 4.98 Å². The van der Waals surface area contributed by atoms with Crippen molar-refractivity contribution in [1.29, 1.82) is 0 Å². The molecule has 4 nitrogen and oxygen atoms in total. The molecule has 1 aromatic heterocycles. The van der Waals surface area contributed by atoms with Crippen molar-refractivity contribution >= 4 is 11.7 Å². The van der Waals surface area contributed by atoms with E-state index in [1.54, 1.807) is 6.20 Å². The van der Waals surface area contributed by atoms with Gasteiger partial charge in [0.25, 0.3) is 0 Å². The first-order chi connectivity index (χ1) is 7.79. The van der Waals surface area contributed by atoms with Gasteiger partial charge in [-0.3, -0.25) is 4.79 Å². The Bertz CT molecular complexity index is 378. The summed E-state index contributed by atoms with van der Waals surface area (Å²) in [6.45, 7) is 4.49. The summed E-state index contributed by atoms with van der Waals surface area (Å²) in [5.41, 5.74) is 1.14. The lowest BCUT2D eigenvalue weighted by Crippen LogP contribution is -2.23. The van der Waals surface area contributed by atoms with Gasteiger partial charge >= 0.3 is 0 Å². The molecule has 1 aromatic rings. The van der Waals surface area contributed by atoms with Crippen LogP contribution in [-0.2, 0) is 11.3 Å². The lowest BCUT2D eigenvalue weighted by molar-refractivity contribution is -0.128. The van der Waals surface area contributed by atoms with Gasteiger partial charge in [0.2, 0.25) is 5.91 Å². The van der Waals surface area contributed by atoms with Crippen LogP contribution in [0.1, 0.15) is 25.3 Å². The number of nitrogens with zero attached hydrogens (tertiary/aromatic N) is 2. The molecule has 0 aliphatic carbocycles. The van der Waals surface area contributed by atoms with Crippen LogP contribution in [0, 0.1) is 0 Å². The molecule has 86 valence electrons. The molecule has 0 atom stereocenters. The van der Waals surface area contributed by atoms with Crippen molar-refractivity contribution in [2.24, 2.45) is 0 Å². The molecule has 1 fully saturated rings. The maximum Gasteiger partial charge on any atom is 0.222 e. The molecule has 0 radical (unpaired) electrons. The second-order valence-electron chi connectivity index (χ2n) is 4.00. The highest BCUT2D eigenvalue weighted by Gasteiger charge is 2.19. The first-order valence-corrected chi connectivity index (χ1v) is 5.76. The molecule has 2 rings (SSSR count). The Kier molecular flexibility index (Phi) is 3.39. The van der Waals surface area contributed by atoms with Crippen molar-refractivity contribution in [3.63, 3.8) is 0 Å². The molecule has 1 saturated heterocycles. The number of pyridine rings is 1. The van der Waals surface area contributed by atoms with Crippen molar-refractivity contribution < 1.29 is 4.79 Å². The van der Waals surface area contributed by atoms with Gasteiger partial charge in [-0.2, -0.15) is 0 Å². The van der Waals surface area contributed by atoms with E-state index in [0.717, 1.165) is 30.9 Å². The minimum Gasteiger partial charge on any atom is -0.370 e. The van der Waals surface area contributed by atoms with E-state index in [-0.39, 0.29) is 5.91 Å². The van der Waals surface area contributed by atoms with Gasteiger partial charge in [-0.15, -0.1) is 0 Å². The summed E-state index contributed by atoms with van der Waals surface area (Å²) in [5, 5.41) is 3.17. The third kappa shape index (κ3) is 2.51. The quantitative estimate of drug-likeness (QED) is 0.837. The zero-order chi connectivity index (χ0) is 11.4. The Morgan fingerprint density at radius 1 is 1.56 bits per heavy atom. The molecule has 0 saturated carbocycles. The number of carbonyl (C=O) groups is 1. The average molecular weight is 219 g/mol. The molecule has 16 heavy (non-hydrogen) atoms. The number of aromatic nitrogens is 1.